The number of rotatable bonds is 10. The Bertz CT molecular complexity index is 374. The molecule has 20 heavy (non-hydrogen) atoms. The van der Waals surface area contributed by atoms with E-state index < -0.39 is 9.05 Å². The molecule has 112 valence electrons. The Morgan fingerprint density at radius 2 is 1.40 bits per heavy atom. The molecule has 0 aliphatic carbocycles. The summed E-state index contributed by atoms with van der Waals surface area (Å²) in [6.45, 7) is 11.4. The second-order valence-corrected chi connectivity index (χ2v) is 6.19. The van der Waals surface area contributed by atoms with Gasteiger partial charge in [0.05, 0.1) is 6.61 Å². The smallest absolute Gasteiger partial charge is 0.351 e. The van der Waals surface area contributed by atoms with Crippen LogP contribution in [0.4, 0.5) is 0 Å². The van der Waals surface area contributed by atoms with Gasteiger partial charge in [-0.25, -0.2) is 0 Å². The maximum absolute atomic E-state index is 5.86. The van der Waals surface area contributed by atoms with Crippen molar-refractivity contribution in [3.05, 3.63) is 42.0 Å². The van der Waals surface area contributed by atoms with Crippen molar-refractivity contribution in [1.82, 2.24) is 0 Å². The molecular formula is C15H24O4Si. The zero-order chi connectivity index (χ0) is 14.8. The first-order valence-corrected chi connectivity index (χ1v) is 8.60. The summed E-state index contributed by atoms with van der Waals surface area (Å²) in [6, 6.07) is 7.99. The van der Waals surface area contributed by atoms with E-state index in [0.717, 1.165) is 11.1 Å². The van der Waals surface area contributed by atoms with Gasteiger partial charge in [0.15, 0.2) is 0 Å². The highest BCUT2D eigenvalue weighted by molar-refractivity contribution is 6.53. The van der Waals surface area contributed by atoms with Crippen molar-refractivity contribution < 1.29 is 17.7 Å². The second-order valence-electron chi connectivity index (χ2n) is 4.03. The number of benzene rings is 1. The van der Waals surface area contributed by atoms with Crippen LogP contribution in [-0.2, 0) is 24.3 Å². The first kappa shape index (κ1) is 17.1. The van der Waals surface area contributed by atoms with E-state index in [9.17, 15) is 0 Å². The molecule has 0 heterocycles. The van der Waals surface area contributed by atoms with Crippen molar-refractivity contribution in [2.45, 2.75) is 27.4 Å². The lowest BCUT2D eigenvalue weighted by molar-refractivity contribution is -0.0319. The van der Waals surface area contributed by atoms with Crippen LogP contribution < -0.4 is 0 Å². The van der Waals surface area contributed by atoms with Gasteiger partial charge in [-0.3, -0.25) is 0 Å². The monoisotopic (exact) mass is 296 g/mol. The van der Waals surface area contributed by atoms with Crippen LogP contribution in [0.1, 0.15) is 31.9 Å². The van der Waals surface area contributed by atoms with E-state index in [1.165, 1.54) is 0 Å². The van der Waals surface area contributed by atoms with Gasteiger partial charge < -0.3 is 17.7 Å². The fourth-order valence-corrected chi connectivity index (χ4v) is 3.61. The summed E-state index contributed by atoms with van der Waals surface area (Å²) in [4.78, 5) is 0. The molecule has 4 nitrogen and oxygen atoms in total. The lowest BCUT2D eigenvalue weighted by Crippen LogP contribution is -2.49. The van der Waals surface area contributed by atoms with Gasteiger partial charge in [0.25, 0.3) is 0 Å². The Hall–Kier alpha value is -0.983. The predicted octanol–water partition coefficient (Wildman–Crippen LogP) is 3.39. The Labute approximate surface area is 122 Å². The van der Waals surface area contributed by atoms with Gasteiger partial charge >= 0.3 is 9.05 Å². The Morgan fingerprint density at radius 1 is 0.900 bits per heavy atom. The lowest BCUT2D eigenvalue weighted by atomic mass is 10.1. The maximum Gasteiger partial charge on any atom is 0.679 e. The summed E-state index contributed by atoms with van der Waals surface area (Å²) in [6.07, 6.45) is 1.81. The highest BCUT2D eigenvalue weighted by Gasteiger charge is 2.44. The van der Waals surface area contributed by atoms with Crippen molar-refractivity contribution in [2.75, 3.05) is 19.8 Å². The molecule has 0 atom stereocenters. The molecule has 0 saturated carbocycles. The third-order valence-corrected chi connectivity index (χ3v) is 5.02. The standard InChI is InChI=1S/C15H24O4Si/c1-5-14-9-11-15(12-10-14)13-19-20(16-6-2,17-7-3)18-8-4/h5,9-12H,1,6-8,13H2,2-4H3. The van der Waals surface area contributed by atoms with E-state index in [2.05, 4.69) is 6.58 Å². The summed E-state index contributed by atoms with van der Waals surface area (Å²) in [5, 5.41) is 0. The Balaban J connectivity index is 2.69. The average Bonchev–Trinajstić information content (AvgIpc) is 2.46. The zero-order valence-corrected chi connectivity index (χ0v) is 13.6. The van der Waals surface area contributed by atoms with Crippen LogP contribution in [0.25, 0.3) is 6.08 Å². The molecule has 1 aromatic rings. The molecule has 0 bridgehead atoms. The van der Waals surface area contributed by atoms with E-state index in [4.69, 9.17) is 17.7 Å². The lowest BCUT2D eigenvalue weighted by Gasteiger charge is -2.26. The zero-order valence-electron chi connectivity index (χ0n) is 12.6. The average molecular weight is 296 g/mol. The predicted molar refractivity (Wildman–Crippen MR) is 82.0 cm³/mol. The number of hydrogen-bond donors (Lipinski definition) is 0. The Kier molecular flexibility index (Phi) is 7.72. The minimum Gasteiger partial charge on any atom is -0.351 e. The van der Waals surface area contributed by atoms with Gasteiger partial charge in [0.2, 0.25) is 0 Å². The molecule has 0 radical (unpaired) electrons. The molecule has 0 spiro atoms. The molecule has 0 aromatic heterocycles. The van der Waals surface area contributed by atoms with E-state index >= 15 is 0 Å². The summed E-state index contributed by atoms with van der Waals surface area (Å²) in [7, 11) is -3.02. The normalized spacial score (nSPS) is 11.6. The van der Waals surface area contributed by atoms with Gasteiger partial charge in [-0.05, 0) is 31.9 Å². The second kappa shape index (κ2) is 9.04. The molecule has 0 unspecified atom stereocenters. The van der Waals surface area contributed by atoms with Crippen LogP contribution in [0.2, 0.25) is 0 Å². The molecule has 0 saturated heterocycles. The molecule has 0 aliphatic heterocycles. The SMILES string of the molecule is C=Cc1ccc(CO[Si](OCC)(OCC)OCC)cc1. The van der Waals surface area contributed by atoms with Crippen LogP contribution in [0.5, 0.6) is 0 Å². The topological polar surface area (TPSA) is 36.9 Å². The summed E-state index contributed by atoms with van der Waals surface area (Å²) < 4.78 is 22.8. The van der Waals surface area contributed by atoms with Crippen molar-refractivity contribution in [3.8, 4) is 0 Å². The van der Waals surface area contributed by atoms with Gasteiger partial charge in [-0.1, -0.05) is 36.9 Å². The highest BCUT2D eigenvalue weighted by Crippen LogP contribution is 2.15. The van der Waals surface area contributed by atoms with E-state index in [1.54, 1.807) is 0 Å². The third kappa shape index (κ3) is 5.18. The third-order valence-electron chi connectivity index (χ3n) is 2.59. The fourth-order valence-electron chi connectivity index (χ4n) is 1.70. The summed E-state index contributed by atoms with van der Waals surface area (Å²) in [5.41, 5.74) is 2.13. The van der Waals surface area contributed by atoms with Crippen molar-refractivity contribution in [2.24, 2.45) is 0 Å². The quantitative estimate of drug-likeness (QED) is 0.620. The van der Waals surface area contributed by atoms with Crippen LogP contribution in [0.15, 0.2) is 30.8 Å². The van der Waals surface area contributed by atoms with Gasteiger partial charge in [0.1, 0.15) is 0 Å². The molecule has 0 fully saturated rings. The van der Waals surface area contributed by atoms with E-state index in [0.29, 0.717) is 26.4 Å². The van der Waals surface area contributed by atoms with Gasteiger partial charge in [0, 0.05) is 19.8 Å². The van der Waals surface area contributed by atoms with Crippen molar-refractivity contribution in [1.29, 1.82) is 0 Å². The molecule has 1 aromatic carbocycles. The first-order chi connectivity index (χ1) is 9.69. The minimum absolute atomic E-state index is 0.406. The minimum atomic E-state index is -3.02. The largest absolute Gasteiger partial charge is 0.679 e. The van der Waals surface area contributed by atoms with Crippen LogP contribution in [-0.4, -0.2) is 28.9 Å². The fraction of sp³-hybridized carbons (Fsp3) is 0.467. The first-order valence-electron chi connectivity index (χ1n) is 6.96. The molecule has 0 amide bonds. The van der Waals surface area contributed by atoms with Crippen LogP contribution >= 0.6 is 0 Å². The Morgan fingerprint density at radius 3 is 1.80 bits per heavy atom. The van der Waals surface area contributed by atoms with E-state index in [-0.39, 0.29) is 0 Å². The maximum atomic E-state index is 5.86. The molecule has 0 aliphatic rings. The van der Waals surface area contributed by atoms with Crippen LogP contribution in [0, 0.1) is 0 Å². The highest BCUT2D eigenvalue weighted by atomic mass is 28.4. The van der Waals surface area contributed by atoms with Gasteiger partial charge in [-0.15, -0.1) is 0 Å². The van der Waals surface area contributed by atoms with Gasteiger partial charge in [-0.2, -0.15) is 0 Å². The summed E-state index contributed by atoms with van der Waals surface area (Å²) >= 11 is 0. The summed E-state index contributed by atoms with van der Waals surface area (Å²) in [5.74, 6) is 0. The van der Waals surface area contributed by atoms with E-state index in [1.807, 2.05) is 51.1 Å². The molecule has 0 N–H and O–H groups in total. The van der Waals surface area contributed by atoms with Crippen LogP contribution in [0.3, 0.4) is 0 Å². The molecule has 5 heteroatoms. The van der Waals surface area contributed by atoms with Crippen molar-refractivity contribution in [3.63, 3.8) is 0 Å². The number of hydrogen-bond acceptors (Lipinski definition) is 4. The molecular weight excluding hydrogens is 272 g/mol. The van der Waals surface area contributed by atoms with Crippen molar-refractivity contribution >= 4 is 15.1 Å². The molecule has 1 rings (SSSR count).